The number of carbonyl (C=O) groups is 1. The number of ether oxygens (including phenoxy) is 3. The summed E-state index contributed by atoms with van der Waals surface area (Å²) in [6.45, 7) is -8.61. The molecule has 6 N–H and O–H groups in total. The first-order chi connectivity index (χ1) is 25.8. The molecule has 0 spiro atoms. The molecule has 54 heavy (non-hydrogen) atoms. The molecule has 0 aromatic carbocycles. The fourth-order valence-electron chi connectivity index (χ4n) is 6.73. The minimum absolute atomic E-state index is 0.0478. The Morgan fingerprint density at radius 2 is 1.61 bits per heavy atom. The topological polar surface area (TPSA) is 250 Å². The lowest BCUT2D eigenvalue weighted by atomic mass is 10.1. The van der Waals surface area contributed by atoms with E-state index in [2.05, 4.69) is 40.5 Å². The van der Waals surface area contributed by atoms with E-state index in [-0.39, 0.29) is 72.2 Å². The van der Waals surface area contributed by atoms with Crippen molar-refractivity contribution in [2.45, 2.75) is 74.3 Å². The van der Waals surface area contributed by atoms with Crippen LogP contribution in [-0.4, -0.2) is 130 Å². The molecule has 27 heteroatoms. The summed E-state index contributed by atoms with van der Waals surface area (Å²) in [5.41, 5.74) is 6.35. The van der Waals surface area contributed by atoms with E-state index in [1.807, 2.05) is 0 Å². The van der Waals surface area contributed by atoms with Crippen LogP contribution in [0.2, 0.25) is 0 Å². The van der Waals surface area contributed by atoms with Crippen LogP contribution >= 0.6 is 13.2 Å². The average molecular weight is 838 g/mol. The highest BCUT2D eigenvalue weighted by Gasteiger charge is 2.53. The minimum Gasteiger partial charge on any atom is -0.448 e. The number of aromatic nitrogens is 8. The number of nitrogen functional groups attached to an aromatic ring is 1. The highest BCUT2D eigenvalue weighted by atomic mass is 32.5. The Labute approximate surface area is 312 Å². The predicted molar refractivity (Wildman–Crippen MR) is 187 cm³/mol. The van der Waals surface area contributed by atoms with Crippen molar-refractivity contribution in [3.8, 4) is 0 Å². The summed E-state index contributed by atoms with van der Waals surface area (Å²) in [5.74, 6) is 0.00400. The summed E-state index contributed by atoms with van der Waals surface area (Å²) in [5, 5.41) is 5.36. The van der Waals surface area contributed by atoms with Crippen molar-refractivity contribution in [1.29, 1.82) is 0 Å². The molecule has 12 atom stereocenters. The minimum atomic E-state index is -4.28. The normalized spacial score (nSPS) is 37.4. The Hall–Kier alpha value is -3.06. The SMILES string of the molecule is Nc1ncnc2c1ncn2[C@@H]1O[C@@H]2COP(O)(=S)O[C@H]3[C@@H](F)[C@H](n4cnc5c(NC(=O)OC[C@@H]6C[C@H](F)CN6)ncnc54)O[C@@H]3CCP(O)(=S)O[C@H]2[C@H]1F. The highest BCUT2D eigenvalue weighted by molar-refractivity contribution is 8.09. The van der Waals surface area contributed by atoms with Crippen LogP contribution in [0.1, 0.15) is 25.3 Å². The maximum atomic E-state index is 16.4. The molecule has 0 bridgehead atoms. The zero-order valence-corrected chi connectivity index (χ0v) is 31.0. The third kappa shape index (κ3) is 7.44. The first-order valence-electron chi connectivity index (χ1n) is 16.4. The summed E-state index contributed by atoms with van der Waals surface area (Å²) >= 11 is 10.7. The number of amides is 1. The number of hydrogen-bond acceptors (Lipinski definition) is 17. The van der Waals surface area contributed by atoms with Gasteiger partial charge < -0.3 is 44.1 Å². The molecule has 8 rings (SSSR count). The van der Waals surface area contributed by atoms with Gasteiger partial charge in [0.1, 0.15) is 49.3 Å². The number of fused-ring (bicyclic) bond motifs is 4. The number of halogens is 3. The van der Waals surface area contributed by atoms with Gasteiger partial charge in [-0.2, -0.15) is 0 Å². The van der Waals surface area contributed by atoms with Crippen molar-refractivity contribution in [3.63, 3.8) is 0 Å². The Balaban J connectivity index is 0.995. The molecule has 4 saturated heterocycles. The van der Waals surface area contributed by atoms with Gasteiger partial charge in [0.25, 0.3) is 0 Å². The van der Waals surface area contributed by atoms with Crippen molar-refractivity contribution in [2.24, 2.45) is 0 Å². The van der Waals surface area contributed by atoms with Crippen LogP contribution in [0, 0.1) is 0 Å². The fourth-order valence-corrected chi connectivity index (χ4v) is 10.1. The van der Waals surface area contributed by atoms with Gasteiger partial charge in [0.05, 0.1) is 25.4 Å². The van der Waals surface area contributed by atoms with Gasteiger partial charge in [-0.1, -0.05) is 0 Å². The fraction of sp³-hybridized carbons (Fsp3) is 0.593. The lowest BCUT2D eigenvalue weighted by Gasteiger charge is -2.30. The first kappa shape index (κ1) is 37.8. The second kappa shape index (κ2) is 14.8. The number of anilines is 2. The maximum absolute atomic E-state index is 16.4. The molecule has 8 heterocycles. The van der Waals surface area contributed by atoms with E-state index < -0.39 is 81.3 Å². The van der Waals surface area contributed by atoms with E-state index in [0.717, 1.165) is 6.33 Å². The van der Waals surface area contributed by atoms with Crippen molar-refractivity contribution in [1.82, 2.24) is 44.4 Å². The van der Waals surface area contributed by atoms with Crippen molar-refractivity contribution in [3.05, 3.63) is 25.3 Å². The van der Waals surface area contributed by atoms with Gasteiger partial charge in [-0.3, -0.25) is 19.0 Å². The number of hydrogen-bond donors (Lipinski definition) is 5. The molecule has 4 aliphatic rings. The van der Waals surface area contributed by atoms with Crippen LogP contribution in [0.15, 0.2) is 25.3 Å². The summed E-state index contributed by atoms with van der Waals surface area (Å²) in [6.07, 6.45) is -9.79. The molecule has 2 unspecified atom stereocenters. The molecule has 4 fully saturated rings. The molecule has 0 aliphatic carbocycles. The molecular weight excluding hydrogens is 805 g/mol. The van der Waals surface area contributed by atoms with E-state index in [0.29, 0.717) is 0 Å². The Morgan fingerprint density at radius 3 is 2.31 bits per heavy atom. The molecular formula is C27H32F3N11O9P2S2. The van der Waals surface area contributed by atoms with Gasteiger partial charge in [-0.15, -0.1) is 0 Å². The standard InChI is InChI=1S/C27H32F3N11O9P2S2/c28-11-3-12(32-4-11)5-45-27(42)39-22-18-24(36-8-34-22)41(10-38-18)25-15(29)19-13(47-25)1-2-51(43,53)49-20-14(6-46-52(44,54)50-19)48-26(16(20)30)40-9-37-17-21(31)33-7-35-23(17)40/h7-16,19-20,25-26,32H,1-6H2,(H,43,53)(H,44,54)(H2,31,33,35)(H,34,36,39,42)/t11-,12-,13+,14+,15+,16+,19+,20+,25+,26+,51?,52?/m0/s1. The third-order valence-electron chi connectivity index (χ3n) is 9.27. The summed E-state index contributed by atoms with van der Waals surface area (Å²) in [7, 11) is 0. The summed E-state index contributed by atoms with van der Waals surface area (Å²) in [6, 6.07) is -0.338. The van der Waals surface area contributed by atoms with Gasteiger partial charge in [0.2, 0.25) is 0 Å². The maximum Gasteiger partial charge on any atom is 0.412 e. The number of imidazole rings is 2. The van der Waals surface area contributed by atoms with Gasteiger partial charge in [0, 0.05) is 18.7 Å². The van der Waals surface area contributed by atoms with Crippen molar-refractivity contribution < 1.29 is 55.5 Å². The largest absolute Gasteiger partial charge is 0.448 e. The van der Waals surface area contributed by atoms with Crippen LogP contribution in [0.4, 0.5) is 29.6 Å². The first-order valence-corrected chi connectivity index (χ1v) is 21.9. The molecule has 4 aromatic heterocycles. The molecule has 20 nitrogen and oxygen atoms in total. The van der Waals surface area contributed by atoms with E-state index in [1.165, 1.54) is 28.1 Å². The number of alkyl halides is 3. The molecule has 1 amide bonds. The quantitative estimate of drug-likeness (QED) is 0.179. The average Bonchev–Trinajstić information content (AvgIpc) is 3.95. The second-order valence-corrected chi connectivity index (χ2v) is 19.3. The lowest BCUT2D eigenvalue weighted by molar-refractivity contribution is -0.0461. The number of nitrogens with one attached hydrogen (secondary N) is 2. The van der Waals surface area contributed by atoms with Crippen molar-refractivity contribution in [2.75, 3.05) is 37.0 Å². The van der Waals surface area contributed by atoms with E-state index in [1.54, 1.807) is 0 Å². The smallest absolute Gasteiger partial charge is 0.412 e. The van der Waals surface area contributed by atoms with Crippen molar-refractivity contribution >= 4 is 76.9 Å². The third-order valence-corrected chi connectivity index (χ3v) is 13.0. The molecule has 4 aliphatic heterocycles. The lowest BCUT2D eigenvalue weighted by Crippen LogP contribution is -2.36. The zero-order valence-electron chi connectivity index (χ0n) is 27.6. The van der Waals surface area contributed by atoms with Gasteiger partial charge in [-0.05, 0) is 36.5 Å². The number of nitrogens with zero attached hydrogens (tertiary/aromatic N) is 8. The number of rotatable bonds is 5. The van der Waals surface area contributed by atoms with Crippen LogP contribution < -0.4 is 16.4 Å². The van der Waals surface area contributed by atoms with Gasteiger partial charge in [-0.25, -0.2) is 47.9 Å². The van der Waals surface area contributed by atoms with Crippen LogP contribution in [-0.2, 0) is 51.4 Å². The predicted octanol–water partition coefficient (Wildman–Crippen LogP) is 1.68. The van der Waals surface area contributed by atoms with E-state index in [9.17, 15) is 19.0 Å². The molecule has 0 radical (unpaired) electrons. The second-order valence-electron chi connectivity index (χ2n) is 12.9. The van der Waals surface area contributed by atoms with Crippen LogP contribution in [0.25, 0.3) is 22.3 Å². The molecule has 0 saturated carbocycles. The van der Waals surface area contributed by atoms with Crippen LogP contribution in [0.3, 0.4) is 0 Å². The Kier molecular flexibility index (Phi) is 10.4. The van der Waals surface area contributed by atoms with Crippen LogP contribution in [0.5, 0.6) is 0 Å². The van der Waals surface area contributed by atoms with Gasteiger partial charge >= 0.3 is 12.8 Å². The van der Waals surface area contributed by atoms with Gasteiger partial charge in [0.15, 0.2) is 59.7 Å². The molecule has 292 valence electrons. The van der Waals surface area contributed by atoms with E-state index in [4.69, 9.17) is 57.1 Å². The molecule has 4 aromatic rings. The summed E-state index contributed by atoms with van der Waals surface area (Å²) < 4.78 is 82.8. The zero-order chi connectivity index (χ0) is 37.9. The Bertz CT molecular complexity index is 2160. The summed E-state index contributed by atoms with van der Waals surface area (Å²) in [4.78, 5) is 59.5. The monoisotopic (exact) mass is 837 g/mol. The Morgan fingerprint density at radius 1 is 0.963 bits per heavy atom. The number of carbonyl (C=O) groups excluding carboxylic acids is 1. The number of nitrogens with two attached hydrogens (primary N) is 1. The highest BCUT2D eigenvalue weighted by Crippen LogP contribution is 2.55. The van der Waals surface area contributed by atoms with E-state index >= 15 is 8.78 Å².